The number of methoxy groups -OCH3 is 1. The smallest absolute Gasteiger partial charge is 0.410 e. The summed E-state index contributed by atoms with van der Waals surface area (Å²) >= 11 is 0. The molecule has 2 aromatic heterocycles. The Kier molecular flexibility index (Phi) is 7.61. The normalized spacial score (nSPS) is 16.4. The highest BCUT2D eigenvalue weighted by molar-refractivity contribution is 5.76. The van der Waals surface area contributed by atoms with Crippen molar-refractivity contribution in [2.24, 2.45) is 0 Å². The number of aliphatic hydroxyl groups is 1. The first-order valence-electron chi connectivity index (χ1n) is 11.0. The number of β-amino-alcohol motifs (C(OH)–C–C–N with tert-alkyl or cyclic N) is 1. The van der Waals surface area contributed by atoms with Crippen molar-refractivity contribution in [1.82, 2.24) is 14.9 Å². The maximum absolute atomic E-state index is 15.7. The number of halogens is 1. The lowest BCUT2D eigenvalue weighted by atomic mass is 9.99. The van der Waals surface area contributed by atoms with E-state index in [9.17, 15) is 9.90 Å². The van der Waals surface area contributed by atoms with Gasteiger partial charge in [0.2, 0.25) is 0 Å². The molecule has 3 rings (SSSR count). The fraction of sp³-hybridized carbons (Fsp3) is 0.458. The van der Waals surface area contributed by atoms with Crippen LogP contribution in [0.25, 0.3) is 5.57 Å². The first-order chi connectivity index (χ1) is 16.0. The SMILES string of the molecule is CNc1cc(C)nc(Nc2ncc(OC)c(C3=CCN(C(=O)OC(C)(C)C)C[C@H](O)C3)c2F)c1. The average Bonchev–Trinajstić information content (AvgIpc) is 2.94. The van der Waals surface area contributed by atoms with E-state index in [1.54, 1.807) is 40.0 Å². The van der Waals surface area contributed by atoms with Gasteiger partial charge in [-0.25, -0.2) is 19.2 Å². The van der Waals surface area contributed by atoms with E-state index < -0.39 is 23.6 Å². The van der Waals surface area contributed by atoms with E-state index in [1.807, 2.05) is 13.0 Å². The number of ether oxygens (including phenoxy) is 2. The number of aliphatic hydroxyl groups excluding tert-OH is 1. The number of aryl methyl sites for hydroxylation is 1. The van der Waals surface area contributed by atoms with E-state index in [4.69, 9.17) is 9.47 Å². The highest BCUT2D eigenvalue weighted by Crippen LogP contribution is 2.36. The summed E-state index contributed by atoms with van der Waals surface area (Å²) in [7, 11) is 3.21. The second kappa shape index (κ2) is 10.3. The maximum atomic E-state index is 15.7. The number of nitrogens with one attached hydrogen (secondary N) is 2. The quantitative estimate of drug-likeness (QED) is 0.596. The van der Waals surface area contributed by atoms with Crippen molar-refractivity contribution < 1.29 is 23.8 Å². The summed E-state index contributed by atoms with van der Waals surface area (Å²) in [6.07, 6.45) is 1.79. The first kappa shape index (κ1) is 25.2. The second-order valence-electron chi connectivity index (χ2n) is 9.09. The molecule has 0 bridgehead atoms. The third-order valence-corrected chi connectivity index (χ3v) is 5.11. The van der Waals surface area contributed by atoms with Crippen molar-refractivity contribution in [2.75, 3.05) is 37.9 Å². The highest BCUT2D eigenvalue weighted by atomic mass is 19.1. The minimum Gasteiger partial charge on any atom is -0.494 e. The van der Waals surface area contributed by atoms with Crippen LogP contribution in [0.3, 0.4) is 0 Å². The van der Waals surface area contributed by atoms with Crippen LogP contribution in [0.4, 0.5) is 26.5 Å². The number of aromatic nitrogens is 2. The number of hydrogen-bond acceptors (Lipinski definition) is 8. The van der Waals surface area contributed by atoms with Crippen LogP contribution in [-0.4, -0.2) is 65.0 Å². The van der Waals surface area contributed by atoms with Crippen molar-refractivity contribution in [3.63, 3.8) is 0 Å². The molecule has 34 heavy (non-hydrogen) atoms. The molecular formula is C24H32FN5O4. The molecule has 0 aromatic carbocycles. The minimum atomic E-state index is -0.911. The molecule has 0 spiro atoms. The fourth-order valence-corrected chi connectivity index (χ4v) is 3.64. The summed E-state index contributed by atoms with van der Waals surface area (Å²) in [4.78, 5) is 22.5. The molecule has 0 radical (unpaired) electrons. The largest absolute Gasteiger partial charge is 0.494 e. The van der Waals surface area contributed by atoms with Crippen LogP contribution in [0, 0.1) is 12.7 Å². The van der Waals surface area contributed by atoms with Gasteiger partial charge in [0.15, 0.2) is 11.6 Å². The van der Waals surface area contributed by atoms with Gasteiger partial charge in [0.25, 0.3) is 0 Å². The van der Waals surface area contributed by atoms with Gasteiger partial charge >= 0.3 is 6.09 Å². The second-order valence-corrected chi connectivity index (χ2v) is 9.09. The summed E-state index contributed by atoms with van der Waals surface area (Å²) in [5.41, 5.74) is 1.58. The molecule has 9 nitrogen and oxygen atoms in total. The number of nitrogens with zero attached hydrogens (tertiary/aromatic N) is 3. The topological polar surface area (TPSA) is 109 Å². The Labute approximate surface area is 199 Å². The van der Waals surface area contributed by atoms with Crippen molar-refractivity contribution in [3.05, 3.63) is 41.5 Å². The molecule has 1 aliphatic rings. The Morgan fingerprint density at radius 3 is 2.71 bits per heavy atom. The van der Waals surface area contributed by atoms with E-state index in [0.717, 1.165) is 11.4 Å². The maximum Gasteiger partial charge on any atom is 0.410 e. The Hall–Kier alpha value is -3.40. The molecule has 0 aliphatic carbocycles. The molecule has 3 N–H and O–H groups in total. The zero-order valence-corrected chi connectivity index (χ0v) is 20.4. The molecule has 1 aliphatic heterocycles. The van der Waals surface area contributed by atoms with Crippen LogP contribution in [0.5, 0.6) is 5.75 Å². The summed E-state index contributed by atoms with van der Waals surface area (Å²) in [5, 5.41) is 16.6. The molecular weight excluding hydrogens is 441 g/mol. The standard InChI is InChI=1S/C24H32FN5O4/c1-14-9-16(26-5)11-19(28-14)29-22-21(25)20(18(33-6)12-27-22)15-7-8-30(13-17(31)10-15)23(32)34-24(2,3)4/h7,9,11-12,17,31H,8,10,13H2,1-6H3,(H2,26,27,28,29)/t17-/m1/s1. The lowest BCUT2D eigenvalue weighted by Gasteiger charge is -2.26. The Morgan fingerprint density at radius 2 is 2.06 bits per heavy atom. The van der Waals surface area contributed by atoms with Gasteiger partial charge in [-0.05, 0) is 39.3 Å². The molecule has 184 valence electrons. The number of rotatable bonds is 5. The van der Waals surface area contributed by atoms with Crippen molar-refractivity contribution >= 4 is 29.0 Å². The zero-order chi connectivity index (χ0) is 25.0. The molecule has 3 heterocycles. The predicted octanol–water partition coefficient (Wildman–Crippen LogP) is 4.10. The lowest BCUT2D eigenvalue weighted by molar-refractivity contribution is 0.0186. The number of anilines is 3. The number of carbonyl (C=O) groups is 1. The Balaban J connectivity index is 1.95. The summed E-state index contributed by atoms with van der Waals surface area (Å²) in [6, 6.07) is 3.61. The summed E-state index contributed by atoms with van der Waals surface area (Å²) in [5.74, 6) is -0.0180. The summed E-state index contributed by atoms with van der Waals surface area (Å²) in [6.45, 7) is 7.37. The van der Waals surface area contributed by atoms with Crippen LogP contribution in [0.1, 0.15) is 38.4 Å². The molecule has 0 saturated heterocycles. The molecule has 0 unspecified atom stereocenters. The van der Waals surface area contributed by atoms with Gasteiger partial charge in [-0.1, -0.05) is 6.08 Å². The van der Waals surface area contributed by atoms with Crippen LogP contribution in [-0.2, 0) is 4.74 Å². The predicted molar refractivity (Wildman–Crippen MR) is 129 cm³/mol. The number of hydrogen-bond donors (Lipinski definition) is 3. The van der Waals surface area contributed by atoms with E-state index in [0.29, 0.717) is 11.4 Å². The first-order valence-corrected chi connectivity index (χ1v) is 11.0. The zero-order valence-electron chi connectivity index (χ0n) is 20.4. The summed E-state index contributed by atoms with van der Waals surface area (Å²) < 4.78 is 26.5. The van der Waals surface area contributed by atoms with Gasteiger partial charge in [0, 0.05) is 37.5 Å². The van der Waals surface area contributed by atoms with Gasteiger partial charge in [0.1, 0.15) is 17.2 Å². The van der Waals surface area contributed by atoms with E-state index in [2.05, 4.69) is 20.6 Å². The Morgan fingerprint density at radius 1 is 1.32 bits per heavy atom. The molecule has 2 aromatic rings. The van der Waals surface area contributed by atoms with Gasteiger partial charge < -0.3 is 30.1 Å². The Bertz CT molecular complexity index is 1080. The molecule has 0 fully saturated rings. The highest BCUT2D eigenvalue weighted by Gasteiger charge is 2.28. The van der Waals surface area contributed by atoms with E-state index in [1.165, 1.54) is 18.2 Å². The molecule has 1 atom stereocenters. The van der Waals surface area contributed by atoms with E-state index >= 15 is 4.39 Å². The molecule has 10 heteroatoms. The monoisotopic (exact) mass is 473 g/mol. The fourth-order valence-electron chi connectivity index (χ4n) is 3.64. The molecule has 1 amide bonds. The average molecular weight is 474 g/mol. The van der Waals surface area contributed by atoms with Crippen LogP contribution < -0.4 is 15.4 Å². The van der Waals surface area contributed by atoms with Crippen molar-refractivity contribution in [3.8, 4) is 5.75 Å². The van der Waals surface area contributed by atoms with Crippen molar-refractivity contribution in [1.29, 1.82) is 0 Å². The van der Waals surface area contributed by atoms with Crippen LogP contribution >= 0.6 is 0 Å². The van der Waals surface area contributed by atoms with Crippen molar-refractivity contribution in [2.45, 2.75) is 45.8 Å². The minimum absolute atomic E-state index is 0.0282. The third-order valence-electron chi connectivity index (χ3n) is 5.11. The number of pyridine rings is 2. The van der Waals surface area contributed by atoms with Gasteiger partial charge in [-0.3, -0.25) is 0 Å². The number of amides is 1. The van der Waals surface area contributed by atoms with Gasteiger partial charge in [-0.2, -0.15) is 0 Å². The number of carbonyl (C=O) groups excluding carboxylic acids is 1. The van der Waals surface area contributed by atoms with Gasteiger partial charge in [-0.15, -0.1) is 0 Å². The van der Waals surface area contributed by atoms with Crippen LogP contribution in [0.2, 0.25) is 0 Å². The van der Waals surface area contributed by atoms with Gasteiger partial charge in [0.05, 0.1) is 31.5 Å². The molecule has 0 saturated carbocycles. The van der Waals surface area contributed by atoms with Crippen LogP contribution in [0.15, 0.2) is 24.4 Å². The van der Waals surface area contributed by atoms with E-state index in [-0.39, 0.29) is 36.6 Å². The lowest BCUT2D eigenvalue weighted by Crippen LogP contribution is -2.40. The third kappa shape index (κ3) is 6.13.